The summed E-state index contributed by atoms with van der Waals surface area (Å²) >= 11 is 5.82. The van der Waals surface area contributed by atoms with Gasteiger partial charge in [0.1, 0.15) is 5.15 Å². The molecule has 1 N–H and O–H groups in total. The summed E-state index contributed by atoms with van der Waals surface area (Å²) in [5.41, 5.74) is 6.47. The molecule has 0 aliphatic rings. The number of rotatable bonds is 3. The van der Waals surface area contributed by atoms with Crippen LogP contribution in [0.15, 0.2) is 42.7 Å². The van der Waals surface area contributed by atoms with Gasteiger partial charge < -0.3 is 5.32 Å². The van der Waals surface area contributed by atoms with Crippen LogP contribution >= 0.6 is 11.6 Å². The summed E-state index contributed by atoms with van der Waals surface area (Å²) in [6.45, 7) is 6.33. The first-order chi connectivity index (χ1) is 11.0. The van der Waals surface area contributed by atoms with Crippen LogP contribution in [-0.2, 0) is 0 Å². The molecule has 0 bridgehead atoms. The number of pyridine rings is 1. The van der Waals surface area contributed by atoms with Gasteiger partial charge in [-0.2, -0.15) is 0 Å². The highest BCUT2D eigenvalue weighted by molar-refractivity contribution is 6.29. The van der Waals surface area contributed by atoms with Gasteiger partial charge in [-0.05, 0) is 67.8 Å². The summed E-state index contributed by atoms with van der Waals surface area (Å²) in [4.78, 5) is 12.9. The second-order valence-electron chi connectivity index (χ2n) is 5.50. The predicted molar refractivity (Wildman–Crippen MR) is 94.2 cm³/mol. The smallest absolute Gasteiger partial charge is 0.227 e. The van der Waals surface area contributed by atoms with Crippen molar-refractivity contribution in [3.05, 3.63) is 64.6 Å². The first-order valence-corrected chi connectivity index (χ1v) is 7.70. The summed E-state index contributed by atoms with van der Waals surface area (Å²) in [5.74, 6) is 0.556. The third-order valence-electron chi connectivity index (χ3n) is 3.86. The van der Waals surface area contributed by atoms with E-state index in [0.29, 0.717) is 11.1 Å². The van der Waals surface area contributed by atoms with Crippen molar-refractivity contribution in [2.45, 2.75) is 20.8 Å². The Morgan fingerprint density at radius 3 is 2.35 bits per heavy atom. The number of aryl methyl sites for hydroxylation is 2. The van der Waals surface area contributed by atoms with Gasteiger partial charge in [-0.1, -0.05) is 11.6 Å². The van der Waals surface area contributed by atoms with E-state index in [1.165, 1.54) is 16.7 Å². The standard InChI is InChI=1S/C18H17ClN4/c1-11-8-15(9-12(2)13(11)3)22-18-20-7-6-16(23-18)14-4-5-17(19)21-10-14/h4-10H,1-3H3,(H,20,22,23). The molecule has 0 saturated heterocycles. The van der Waals surface area contributed by atoms with E-state index >= 15 is 0 Å². The van der Waals surface area contributed by atoms with Crippen molar-refractivity contribution in [1.82, 2.24) is 15.0 Å². The number of benzene rings is 1. The molecule has 0 aliphatic carbocycles. The summed E-state index contributed by atoms with van der Waals surface area (Å²) in [6.07, 6.45) is 3.43. The van der Waals surface area contributed by atoms with Crippen molar-refractivity contribution in [3.8, 4) is 11.3 Å². The molecule has 0 fully saturated rings. The van der Waals surface area contributed by atoms with Crippen LogP contribution in [0.25, 0.3) is 11.3 Å². The Morgan fingerprint density at radius 1 is 0.957 bits per heavy atom. The fraction of sp³-hybridized carbons (Fsp3) is 0.167. The highest BCUT2D eigenvalue weighted by Gasteiger charge is 2.05. The van der Waals surface area contributed by atoms with Gasteiger partial charge in [0, 0.05) is 23.6 Å². The lowest BCUT2D eigenvalue weighted by molar-refractivity contribution is 1.16. The van der Waals surface area contributed by atoms with Crippen molar-refractivity contribution in [2.24, 2.45) is 0 Å². The molecule has 1 aromatic carbocycles. The van der Waals surface area contributed by atoms with Crippen molar-refractivity contribution in [1.29, 1.82) is 0 Å². The molecule has 23 heavy (non-hydrogen) atoms. The van der Waals surface area contributed by atoms with E-state index in [2.05, 4.69) is 53.2 Å². The van der Waals surface area contributed by atoms with Crippen LogP contribution in [-0.4, -0.2) is 15.0 Å². The molecule has 0 amide bonds. The molecule has 2 aromatic heterocycles. The quantitative estimate of drug-likeness (QED) is 0.699. The molecule has 116 valence electrons. The Bertz CT molecular complexity index is 821. The molecule has 5 heteroatoms. The molecule has 0 aliphatic heterocycles. The molecule has 4 nitrogen and oxygen atoms in total. The zero-order valence-electron chi connectivity index (χ0n) is 13.3. The fourth-order valence-corrected chi connectivity index (χ4v) is 2.46. The number of anilines is 2. The van der Waals surface area contributed by atoms with Gasteiger partial charge in [-0.3, -0.25) is 0 Å². The van der Waals surface area contributed by atoms with E-state index in [4.69, 9.17) is 11.6 Å². The van der Waals surface area contributed by atoms with Crippen LogP contribution in [0.2, 0.25) is 5.15 Å². The lowest BCUT2D eigenvalue weighted by Crippen LogP contribution is -1.99. The highest BCUT2D eigenvalue weighted by Crippen LogP contribution is 2.23. The van der Waals surface area contributed by atoms with Gasteiger partial charge in [-0.25, -0.2) is 15.0 Å². The van der Waals surface area contributed by atoms with Gasteiger partial charge in [-0.15, -0.1) is 0 Å². The zero-order chi connectivity index (χ0) is 16.4. The number of nitrogens with zero attached hydrogens (tertiary/aromatic N) is 3. The number of aromatic nitrogens is 3. The largest absolute Gasteiger partial charge is 0.324 e. The summed E-state index contributed by atoms with van der Waals surface area (Å²) in [7, 11) is 0. The third-order valence-corrected chi connectivity index (χ3v) is 4.09. The van der Waals surface area contributed by atoms with E-state index in [9.17, 15) is 0 Å². The van der Waals surface area contributed by atoms with Crippen LogP contribution in [0.4, 0.5) is 11.6 Å². The monoisotopic (exact) mass is 324 g/mol. The highest BCUT2D eigenvalue weighted by atomic mass is 35.5. The molecule has 0 saturated carbocycles. The van der Waals surface area contributed by atoms with Crippen molar-refractivity contribution >= 4 is 23.2 Å². The molecule has 2 heterocycles. The van der Waals surface area contributed by atoms with Crippen molar-refractivity contribution in [2.75, 3.05) is 5.32 Å². The molecule has 0 unspecified atom stereocenters. The summed E-state index contributed by atoms with van der Waals surface area (Å²) < 4.78 is 0. The van der Waals surface area contributed by atoms with Crippen molar-refractivity contribution < 1.29 is 0 Å². The molecular formula is C18H17ClN4. The maximum atomic E-state index is 5.82. The molecule has 3 rings (SSSR count). The maximum Gasteiger partial charge on any atom is 0.227 e. The Morgan fingerprint density at radius 2 is 1.70 bits per heavy atom. The van der Waals surface area contributed by atoms with Gasteiger partial charge in [0.2, 0.25) is 5.95 Å². The first kappa shape index (κ1) is 15.4. The Hall–Kier alpha value is -2.46. The molecular weight excluding hydrogens is 308 g/mol. The first-order valence-electron chi connectivity index (χ1n) is 7.33. The maximum absolute atomic E-state index is 5.82. The zero-order valence-corrected chi connectivity index (χ0v) is 14.0. The van der Waals surface area contributed by atoms with Crippen LogP contribution < -0.4 is 5.32 Å². The summed E-state index contributed by atoms with van der Waals surface area (Å²) in [6, 6.07) is 9.69. The van der Waals surface area contributed by atoms with E-state index in [1.807, 2.05) is 12.1 Å². The lowest BCUT2D eigenvalue weighted by Gasteiger charge is -2.11. The molecule has 0 radical (unpaired) electrons. The Balaban J connectivity index is 1.90. The number of nitrogens with one attached hydrogen (secondary N) is 1. The van der Waals surface area contributed by atoms with Crippen LogP contribution in [0.3, 0.4) is 0 Å². The van der Waals surface area contributed by atoms with E-state index in [0.717, 1.165) is 16.9 Å². The number of hydrogen-bond acceptors (Lipinski definition) is 4. The lowest BCUT2D eigenvalue weighted by atomic mass is 10.0. The van der Waals surface area contributed by atoms with Crippen LogP contribution in [0.5, 0.6) is 0 Å². The number of hydrogen-bond donors (Lipinski definition) is 1. The Kier molecular flexibility index (Phi) is 4.26. The molecule has 0 atom stereocenters. The normalized spacial score (nSPS) is 10.6. The second kappa shape index (κ2) is 6.34. The second-order valence-corrected chi connectivity index (χ2v) is 5.88. The van der Waals surface area contributed by atoms with E-state index < -0.39 is 0 Å². The topological polar surface area (TPSA) is 50.7 Å². The average molecular weight is 325 g/mol. The van der Waals surface area contributed by atoms with Gasteiger partial charge >= 0.3 is 0 Å². The minimum absolute atomic E-state index is 0.465. The average Bonchev–Trinajstić information content (AvgIpc) is 2.53. The third kappa shape index (κ3) is 3.48. The number of halogens is 1. The van der Waals surface area contributed by atoms with Crippen LogP contribution in [0.1, 0.15) is 16.7 Å². The van der Waals surface area contributed by atoms with Gasteiger partial charge in [0.15, 0.2) is 0 Å². The summed E-state index contributed by atoms with van der Waals surface area (Å²) in [5, 5.41) is 3.73. The van der Waals surface area contributed by atoms with Gasteiger partial charge in [0.25, 0.3) is 0 Å². The minimum atomic E-state index is 0.465. The molecule has 0 spiro atoms. The van der Waals surface area contributed by atoms with E-state index in [1.54, 1.807) is 18.5 Å². The SMILES string of the molecule is Cc1cc(Nc2nccc(-c3ccc(Cl)nc3)n2)cc(C)c1C. The predicted octanol–water partition coefficient (Wildman–Crippen LogP) is 4.86. The minimum Gasteiger partial charge on any atom is -0.324 e. The molecule has 3 aromatic rings. The van der Waals surface area contributed by atoms with Crippen molar-refractivity contribution in [3.63, 3.8) is 0 Å². The van der Waals surface area contributed by atoms with Crippen LogP contribution in [0, 0.1) is 20.8 Å². The Labute approximate surface area is 140 Å². The fourth-order valence-electron chi connectivity index (χ4n) is 2.34. The van der Waals surface area contributed by atoms with E-state index in [-0.39, 0.29) is 0 Å². The van der Waals surface area contributed by atoms with Gasteiger partial charge in [0.05, 0.1) is 5.69 Å².